The van der Waals surface area contributed by atoms with Gasteiger partial charge in [0, 0.05) is 0 Å². The first kappa shape index (κ1) is 14.3. The van der Waals surface area contributed by atoms with Gasteiger partial charge < -0.3 is 30.3 Å². The molecule has 8 nitrogen and oxygen atoms in total. The molecule has 8 heteroatoms. The van der Waals surface area contributed by atoms with Gasteiger partial charge in [0.25, 0.3) is 0 Å². The van der Waals surface area contributed by atoms with E-state index in [-0.39, 0.29) is 6.54 Å². The van der Waals surface area contributed by atoms with Gasteiger partial charge in [-0.05, 0) is 6.92 Å². The minimum atomic E-state index is -2.11. The Labute approximate surface area is 97.4 Å². The molecule has 5 atom stereocenters. The topological polar surface area (TPSA) is 139 Å². The molecular formula is C9H17NO7. The summed E-state index contributed by atoms with van der Waals surface area (Å²) in [6.45, 7) is 0.414. The molecular weight excluding hydrogens is 234 g/mol. The molecule has 0 unspecified atom stereocenters. The third kappa shape index (κ3) is 2.92. The van der Waals surface area contributed by atoms with Gasteiger partial charge in [0.2, 0.25) is 5.79 Å². The minimum Gasteiger partial charge on any atom is -0.480 e. The third-order valence-electron chi connectivity index (χ3n) is 2.73. The number of carboxylic acids is 1. The van der Waals surface area contributed by atoms with Gasteiger partial charge in [0.1, 0.15) is 24.4 Å². The second-order valence-corrected chi connectivity index (χ2v) is 4.06. The lowest BCUT2D eigenvalue weighted by atomic mass is 10.1. The number of aliphatic hydroxyl groups is 4. The van der Waals surface area contributed by atoms with Gasteiger partial charge in [-0.15, -0.1) is 0 Å². The van der Waals surface area contributed by atoms with Crippen LogP contribution in [0.1, 0.15) is 6.92 Å². The molecule has 1 aliphatic rings. The molecule has 0 radical (unpaired) electrons. The van der Waals surface area contributed by atoms with Crippen molar-refractivity contribution in [3.8, 4) is 0 Å². The number of aliphatic hydroxyl groups excluding tert-OH is 3. The number of rotatable bonds is 5. The van der Waals surface area contributed by atoms with Gasteiger partial charge in [-0.1, -0.05) is 0 Å². The highest BCUT2D eigenvalue weighted by atomic mass is 16.7. The highest BCUT2D eigenvalue weighted by molar-refractivity contribution is 5.72. The van der Waals surface area contributed by atoms with E-state index in [1.165, 1.54) is 6.92 Å². The largest absolute Gasteiger partial charge is 0.480 e. The van der Waals surface area contributed by atoms with Crippen LogP contribution >= 0.6 is 0 Å². The van der Waals surface area contributed by atoms with Crippen LogP contribution in [0, 0.1) is 0 Å². The smallest absolute Gasteiger partial charge is 0.320 e. The van der Waals surface area contributed by atoms with Crippen molar-refractivity contribution in [2.75, 3.05) is 13.2 Å². The fraction of sp³-hybridized carbons (Fsp3) is 0.889. The van der Waals surface area contributed by atoms with Crippen LogP contribution in [-0.2, 0) is 9.53 Å². The Kier molecular flexibility index (Phi) is 4.42. The van der Waals surface area contributed by atoms with Crippen LogP contribution in [0.25, 0.3) is 0 Å². The summed E-state index contributed by atoms with van der Waals surface area (Å²) in [5.74, 6) is -3.24. The summed E-state index contributed by atoms with van der Waals surface area (Å²) < 4.78 is 4.90. The first-order valence-corrected chi connectivity index (χ1v) is 5.15. The average molecular weight is 251 g/mol. The van der Waals surface area contributed by atoms with Crippen molar-refractivity contribution in [2.24, 2.45) is 0 Å². The van der Waals surface area contributed by atoms with Gasteiger partial charge in [0.05, 0.1) is 13.2 Å². The zero-order valence-electron chi connectivity index (χ0n) is 9.28. The van der Waals surface area contributed by atoms with Crippen LogP contribution in [0.4, 0.5) is 0 Å². The molecule has 0 saturated carbocycles. The Hall–Kier alpha value is -0.770. The van der Waals surface area contributed by atoms with Crippen LogP contribution in [0.15, 0.2) is 0 Å². The second kappa shape index (κ2) is 5.25. The summed E-state index contributed by atoms with van der Waals surface area (Å²) >= 11 is 0. The maximum Gasteiger partial charge on any atom is 0.320 e. The summed E-state index contributed by atoms with van der Waals surface area (Å²) in [5.41, 5.74) is 0. The molecule has 1 saturated heterocycles. The van der Waals surface area contributed by atoms with Crippen molar-refractivity contribution >= 4 is 5.97 Å². The normalized spacial score (nSPS) is 39.2. The predicted octanol–water partition coefficient (Wildman–Crippen LogP) is -3.15. The number of carbonyl (C=O) groups is 1. The molecule has 1 rings (SSSR count). The Bertz CT molecular complexity index is 287. The molecule has 17 heavy (non-hydrogen) atoms. The fourth-order valence-electron chi connectivity index (χ4n) is 1.55. The third-order valence-corrected chi connectivity index (χ3v) is 2.73. The van der Waals surface area contributed by atoms with Crippen molar-refractivity contribution in [3.05, 3.63) is 0 Å². The van der Waals surface area contributed by atoms with Gasteiger partial charge in [-0.25, -0.2) is 0 Å². The van der Waals surface area contributed by atoms with Crippen molar-refractivity contribution in [2.45, 2.75) is 37.1 Å². The van der Waals surface area contributed by atoms with Crippen LogP contribution in [0.5, 0.6) is 0 Å². The molecule has 0 aliphatic carbocycles. The Morgan fingerprint density at radius 3 is 2.53 bits per heavy atom. The Morgan fingerprint density at radius 1 is 1.53 bits per heavy atom. The molecule has 0 aromatic heterocycles. The first-order chi connectivity index (χ1) is 7.81. The van der Waals surface area contributed by atoms with E-state index in [9.17, 15) is 20.1 Å². The predicted molar refractivity (Wildman–Crippen MR) is 54.0 cm³/mol. The first-order valence-electron chi connectivity index (χ1n) is 5.15. The van der Waals surface area contributed by atoms with Gasteiger partial charge in [0.15, 0.2) is 0 Å². The number of hydrogen-bond acceptors (Lipinski definition) is 7. The van der Waals surface area contributed by atoms with Crippen molar-refractivity contribution < 1.29 is 35.1 Å². The van der Waals surface area contributed by atoms with Crippen LogP contribution < -0.4 is 5.32 Å². The van der Waals surface area contributed by atoms with E-state index in [4.69, 9.17) is 14.9 Å². The second-order valence-electron chi connectivity index (χ2n) is 4.06. The number of carboxylic acid groups (broad SMARTS) is 1. The van der Waals surface area contributed by atoms with Crippen LogP contribution in [0.2, 0.25) is 0 Å². The SMILES string of the molecule is C[C@H](NC[C@@]1(O)O[C@H](CO)[C@H](O)[C@H]1O)C(=O)O. The van der Waals surface area contributed by atoms with Crippen LogP contribution in [0.3, 0.4) is 0 Å². The van der Waals surface area contributed by atoms with E-state index < -0.39 is 42.7 Å². The quantitative estimate of drug-likeness (QED) is 0.301. The van der Waals surface area contributed by atoms with Gasteiger partial charge in [-0.3, -0.25) is 10.1 Å². The number of hydrogen-bond donors (Lipinski definition) is 6. The van der Waals surface area contributed by atoms with E-state index in [2.05, 4.69) is 5.32 Å². The summed E-state index contributed by atoms with van der Waals surface area (Å²) in [7, 11) is 0. The molecule has 1 heterocycles. The molecule has 0 aromatic rings. The molecule has 1 fully saturated rings. The lowest BCUT2D eigenvalue weighted by Gasteiger charge is -2.27. The Morgan fingerprint density at radius 2 is 2.12 bits per heavy atom. The van der Waals surface area contributed by atoms with Crippen LogP contribution in [-0.4, -0.2) is 74.8 Å². The maximum atomic E-state index is 10.5. The van der Waals surface area contributed by atoms with Crippen molar-refractivity contribution in [1.29, 1.82) is 0 Å². The summed E-state index contributed by atoms with van der Waals surface area (Å²) in [6.07, 6.45) is -4.14. The summed E-state index contributed by atoms with van der Waals surface area (Å²) in [4.78, 5) is 10.5. The number of aliphatic carboxylic acids is 1. The maximum absolute atomic E-state index is 10.5. The summed E-state index contributed by atoms with van der Waals surface area (Å²) in [6, 6.07) is -0.944. The number of ether oxygens (including phenoxy) is 1. The lowest BCUT2D eigenvalue weighted by Crippen LogP contribution is -2.53. The van der Waals surface area contributed by atoms with Gasteiger partial charge in [-0.2, -0.15) is 0 Å². The Balaban J connectivity index is 2.60. The van der Waals surface area contributed by atoms with E-state index in [1.54, 1.807) is 0 Å². The molecule has 1 aliphatic heterocycles. The van der Waals surface area contributed by atoms with E-state index >= 15 is 0 Å². The van der Waals surface area contributed by atoms with E-state index in [1.807, 2.05) is 0 Å². The highest BCUT2D eigenvalue weighted by Gasteiger charge is 2.53. The monoisotopic (exact) mass is 251 g/mol. The fourth-order valence-corrected chi connectivity index (χ4v) is 1.55. The summed E-state index contributed by atoms with van der Waals surface area (Å²) in [5, 5.41) is 48.7. The molecule has 0 spiro atoms. The number of nitrogens with one attached hydrogen (secondary N) is 1. The molecule has 0 bridgehead atoms. The molecule has 6 N–H and O–H groups in total. The molecule has 100 valence electrons. The highest BCUT2D eigenvalue weighted by Crippen LogP contribution is 2.28. The van der Waals surface area contributed by atoms with Crippen molar-refractivity contribution in [1.82, 2.24) is 5.32 Å². The standard InChI is InChI=1S/C9H17NO7/c1-4(8(14)15)10-3-9(16)7(13)6(12)5(2-11)17-9/h4-7,10-13,16H,2-3H2,1H3,(H,14,15)/t4-,5+,6-,7+,9+/m0/s1. The van der Waals surface area contributed by atoms with Gasteiger partial charge >= 0.3 is 5.97 Å². The average Bonchev–Trinajstić information content (AvgIpc) is 2.51. The lowest BCUT2D eigenvalue weighted by molar-refractivity contribution is -0.227. The molecule has 0 aromatic carbocycles. The molecule has 0 amide bonds. The zero-order valence-corrected chi connectivity index (χ0v) is 9.28. The van der Waals surface area contributed by atoms with E-state index in [0.29, 0.717) is 0 Å². The zero-order chi connectivity index (χ0) is 13.2. The minimum absolute atomic E-state index is 0.380. The van der Waals surface area contributed by atoms with Crippen molar-refractivity contribution in [3.63, 3.8) is 0 Å². The van der Waals surface area contributed by atoms with E-state index in [0.717, 1.165) is 0 Å².